The van der Waals surface area contributed by atoms with Gasteiger partial charge in [-0.2, -0.15) is 0 Å². The number of hydrogen-bond acceptors (Lipinski definition) is 4. The number of aryl methyl sites for hydroxylation is 1. The molecule has 0 aliphatic rings. The molecule has 0 aromatic carbocycles. The maximum absolute atomic E-state index is 11.9. The van der Waals surface area contributed by atoms with E-state index in [0.29, 0.717) is 6.61 Å². The van der Waals surface area contributed by atoms with Crippen LogP contribution in [0.25, 0.3) is 0 Å². The van der Waals surface area contributed by atoms with Crippen molar-refractivity contribution in [2.24, 2.45) is 0 Å². The number of likely N-dealkylation sites (N-methyl/N-ethyl adjacent to an activating group) is 1. The van der Waals surface area contributed by atoms with Crippen LogP contribution in [0.15, 0.2) is 11.4 Å². The third-order valence-electron chi connectivity index (χ3n) is 2.75. The number of rotatable bonds is 4. The van der Waals surface area contributed by atoms with Gasteiger partial charge in [0.25, 0.3) is 0 Å². The van der Waals surface area contributed by atoms with E-state index in [-0.39, 0.29) is 5.97 Å². The van der Waals surface area contributed by atoms with Gasteiger partial charge in [0, 0.05) is 7.05 Å². The van der Waals surface area contributed by atoms with Crippen molar-refractivity contribution in [3.63, 3.8) is 0 Å². The standard InChI is InChI=1S/C12H19NO2S/c1-6-15-11(14)12(3,4)13(5)10-9(2)7-8-16-10/h7-8H,6H2,1-5H3. The normalized spacial score (nSPS) is 11.3. The summed E-state index contributed by atoms with van der Waals surface area (Å²) in [5, 5.41) is 3.14. The smallest absolute Gasteiger partial charge is 0.331 e. The van der Waals surface area contributed by atoms with Crippen LogP contribution in [0.4, 0.5) is 5.00 Å². The summed E-state index contributed by atoms with van der Waals surface area (Å²) < 4.78 is 5.09. The summed E-state index contributed by atoms with van der Waals surface area (Å²) in [6, 6.07) is 2.05. The first-order valence-electron chi connectivity index (χ1n) is 5.36. The summed E-state index contributed by atoms with van der Waals surface area (Å²) in [5.41, 5.74) is 0.552. The lowest BCUT2D eigenvalue weighted by Gasteiger charge is -2.34. The van der Waals surface area contributed by atoms with Gasteiger partial charge in [-0.25, -0.2) is 4.79 Å². The predicted octanol–water partition coefficient (Wildman–Crippen LogP) is 2.83. The van der Waals surface area contributed by atoms with Gasteiger partial charge >= 0.3 is 5.97 Å². The fourth-order valence-corrected chi connectivity index (χ4v) is 2.45. The molecule has 0 fully saturated rings. The summed E-state index contributed by atoms with van der Waals surface area (Å²) in [6.45, 7) is 8.04. The zero-order valence-electron chi connectivity index (χ0n) is 10.5. The molecule has 16 heavy (non-hydrogen) atoms. The minimum atomic E-state index is -0.633. The van der Waals surface area contributed by atoms with Gasteiger partial charge in [0.15, 0.2) is 0 Å². The van der Waals surface area contributed by atoms with Crippen LogP contribution >= 0.6 is 11.3 Å². The Morgan fingerprint density at radius 1 is 1.56 bits per heavy atom. The summed E-state index contributed by atoms with van der Waals surface area (Å²) >= 11 is 1.64. The number of thiophene rings is 1. The molecule has 0 aliphatic heterocycles. The first-order chi connectivity index (χ1) is 7.41. The Labute approximate surface area is 101 Å². The molecule has 0 unspecified atom stereocenters. The van der Waals surface area contributed by atoms with E-state index < -0.39 is 5.54 Å². The zero-order valence-corrected chi connectivity index (χ0v) is 11.4. The van der Waals surface area contributed by atoms with Crippen LogP contribution < -0.4 is 4.90 Å². The molecule has 0 saturated heterocycles. The Balaban J connectivity index is 2.92. The van der Waals surface area contributed by atoms with Crippen molar-refractivity contribution in [3.05, 3.63) is 17.0 Å². The summed E-state index contributed by atoms with van der Waals surface area (Å²) in [5.74, 6) is -0.190. The van der Waals surface area contributed by atoms with Crippen molar-refractivity contribution < 1.29 is 9.53 Å². The summed E-state index contributed by atoms with van der Waals surface area (Å²) in [7, 11) is 1.93. The molecule has 4 heteroatoms. The van der Waals surface area contributed by atoms with Crippen LogP contribution in [0.5, 0.6) is 0 Å². The molecule has 1 heterocycles. The lowest BCUT2D eigenvalue weighted by atomic mass is 10.0. The van der Waals surface area contributed by atoms with Gasteiger partial charge < -0.3 is 9.64 Å². The van der Waals surface area contributed by atoms with E-state index in [2.05, 4.69) is 6.07 Å². The minimum Gasteiger partial charge on any atom is -0.464 e. The second-order valence-corrected chi connectivity index (χ2v) is 5.14. The zero-order chi connectivity index (χ0) is 12.3. The van der Waals surface area contributed by atoms with Crippen LogP contribution in [0, 0.1) is 6.92 Å². The van der Waals surface area contributed by atoms with E-state index >= 15 is 0 Å². The molecule has 0 radical (unpaired) electrons. The largest absolute Gasteiger partial charge is 0.464 e. The molecular formula is C12H19NO2S. The van der Waals surface area contributed by atoms with Crippen molar-refractivity contribution in [1.29, 1.82) is 0 Å². The molecule has 0 spiro atoms. The first-order valence-corrected chi connectivity index (χ1v) is 6.24. The summed E-state index contributed by atoms with van der Waals surface area (Å²) in [4.78, 5) is 13.8. The Kier molecular flexibility index (Phi) is 3.97. The third kappa shape index (κ3) is 2.38. The van der Waals surface area contributed by atoms with Crippen LogP contribution in [0.3, 0.4) is 0 Å². The van der Waals surface area contributed by atoms with E-state index in [1.165, 1.54) is 5.56 Å². The van der Waals surface area contributed by atoms with Crippen LogP contribution in [0.2, 0.25) is 0 Å². The molecule has 0 aliphatic carbocycles. The number of carbonyl (C=O) groups excluding carboxylic acids is 1. The number of hydrogen-bond donors (Lipinski definition) is 0. The highest BCUT2D eigenvalue weighted by Gasteiger charge is 2.35. The number of nitrogens with zero attached hydrogens (tertiary/aromatic N) is 1. The Bertz CT molecular complexity index is 371. The molecule has 3 nitrogen and oxygen atoms in total. The van der Waals surface area contributed by atoms with Crippen molar-refractivity contribution in [2.75, 3.05) is 18.6 Å². The van der Waals surface area contributed by atoms with E-state index in [1.807, 2.05) is 45.0 Å². The lowest BCUT2D eigenvalue weighted by Crippen LogP contribution is -2.49. The number of anilines is 1. The lowest BCUT2D eigenvalue weighted by molar-refractivity contribution is -0.148. The van der Waals surface area contributed by atoms with E-state index in [9.17, 15) is 4.79 Å². The first kappa shape index (κ1) is 13.0. The molecule has 0 saturated carbocycles. The number of ether oxygens (including phenoxy) is 1. The summed E-state index contributed by atoms with van der Waals surface area (Å²) in [6.07, 6.45) is 0. The molecule has 1 aromatic rings. The van der Waals surface area contributed by atoms with Crippen LogP contribution in [-0.4, -0.2) is 25.2 Å². The predicted molar refractivity (Wildman–Crippen MR) is 68.2 cm³/mol. The molecule has 0 atom stereocenters. The average Bonchev–Trinajstić information content (AvgIpc) is 2.63. The van der Waals surface area contributed by atoms with E-state index in [4.69, 9.17) is 4.74 Å². The maximum Gasteiger partial charge on any atom is 0.331 e. The SMILES string of the molecule is CCOC(=O)C(C)(C)N(C)c1sccc1C. The van der Waals surface area contributed by atoms with Crippen molar-refractivity contribution >= 4 is 22.3 Å². The minimum absolute atomic E-state index is 0.190. The van der Waals surface area contributed by atoms with E-state index in [0.717, 1.165) is 5.00 Å². The highest BCUT2D eigenvalue weighted by atomic mass is 32.1. The molecular weight excluding hydrogens is 222 g/mol. The third-order valence-corrected chi connectivity index (χ3v) is 3.84. The van der Waals surface area contributed by atoms with Gasteiger partial charge in [0.05, 0.1) is 11.6 Å². The molecule has 0 N–H and O–H groups in total. The van der Waals surface area contributed by atoms with Gasteiger partial charge in [-0.05, 0) is 44.7 Å². The second-order valence-electron chi connectivity index (χ2n) is 4.25. The van der Waals surface area contributed by atoms with Gasteiger partial charge in [0.2, 0.25) is 0 Å². The highest BCUT2D eigenvalue weighted by Crippen LogP contribution is 2.31. The molecule has 0 bridgehead atoms. The van der Waals surface area contributed by atoms with E-state index in [1.54, 1.807) is 11.3 Å². The molecule has 90 valence electrons. The van der Waals surface area contributed by atoms with Gasteiger partial charge in [-0.1, -0.05) is 0 Å². The Hall–Kier alpha value is -1.03. The highest BCUT2D eigenvalue weighted by molar-refractivity contribution is 7.14. The second kappa shape index (κ2) is 4.87. The van der Waals surface area contributed by atoms with Crippen molar-refractivity contribution in [1.82, 2.24) is 0 Å². The monoisotopic (exact) mass is 241 g/mol. The maximum atomic E-state index is 11.9. The fourth-order valence-electron chi connectivity index (χ4n) is 1.41. The topological polar surface area (TPSA) is 29.5 Å². The molecule has 1 rings (SSSR count). The van der Waals surface area contributed by atoms with Gasteiger partial charge in [-0.3, -0.25) is 0 Å². The Morgan fingerprint density at radius 3 is 2.62 bits per heavy atom. The molecule has 0 amide bonds. The average molecular weight is 241 g/mol. The fraction of sp³-hybridized carbons (Fsp3) is 0.583. The van der Waals surface area contributed by atoms with Crippen molar-refractivity contribution in [3.8, 4) is 0 Å². The number of carbonyl (C=O) groups is 1. The van der Waals surface area contributed by atoms with Crippen LogP contribution in [0.1, 0.15) is 26.3 Å². The van der Waals surface area contributed by atoms with Gasteiger partial charge in [0.1, 0.15) is 5.54 Å². The van der Waals surface area contributed by atoms with Crippen molar-refractivity contribution in [2.45, 2.75) is 33.2 Å². The van der Waals surface area contributed by atoms with Gasteiger partial charge in [-0.15, -0.1) is 11.3 Å². The van der Waals surface area contributed by atoms with Crippen LogP contribution in [-0.2, 0) is 9.53 Å². The quantitative estimate of drug-likeness (QED) is 0.759. The Morgan fingerprint density at radius 2 is 2.19 bits per heavy atom. The molecule has 1 aromatic heterocycles. The number of esters is 1.